The van der Waals surface area contributed by atoms with Gasteiger partial charge in [0.25, 0.3) is 0 Å². The number of rotatable bonds is 4. The summed E-state index contributed by atoms with van der Waals surface area (Å²) in [7, 11) is 1.73. The maximum Gasteiger partial charge on any atom is 0.118 e. The minimum Gasteiger partial charge on any atom is -0.497 e. The number of hydrogen-bond donors (Lipinski definition) is 0. The van der Waals surface area contributed by atoms with Gasteiger partial charge in [0.15, 0.2) is 0 Å². The molecule has 0 aliphatic heterocycles. The van der Waals surface area contributed by atoms with Gasteiger partial charge in [-0.1, -0.05) is 109 Å². The number of benzene rings is 7. The number of aromatic nitrogens is 3. The molecule has 2 aliphatic carbocycles. The fraction of sp³-hybridized carbons (Fsp3) is 0.0926. The Balaban J connectivity index is 1.12. The predicted molar refractivity (Wildman–Crippen MR) is 238 cm³/mol. The third kappa shape index (κ3) is 5.04. The van der Waals surface area contributed by atoms with Crippen molar-refractivity contribution < 1.29 is 4.74 Å². The first kappa shape index (κ1) is 33.0. The van der Waals surface area contributed by atoms with Gasteiger partial charge in [0.05, 0.1) is 40.6 Å². The molecule has 0 radical (unpaired) electrons. The van der Waals surface area contributed by atoms with Gasteiger partial charge >= 0.3 is 0 Å². The Bertz CT molecular complexity index is 3020. The Morgan fingerprint density at radius 3 is 1.19 bits per heavy atom. The number of aryl methyl sites for hydroxylation is 2. The molecule has 0 fully saturated rings. The van der Waals surface area contributed by atoms with Crippen LogP contribution in [0.5, 0.6) is 5.75 Å². The molecule has 4 nitrogen and oxygen atoms in total. The first-order valence-electron chi connectivity index (χ1n) is 20.2. The largest absolute Gasteiger partial charge is 0.497 e. The van der Waals surface area contributed by atoms with Crippen molar-refractivity contribution in [3.05, 3.63) is 180 Å². The number of ether oxygens (including phenoxy) is 1. The molecule has 3 aromatic heterocycles. The molecule has 0 saturated heterocycles. The van der Waals surface area contributed by atoms with Crippen molar-refractivity contribution in [1.82, 2.24) is 15.0 Å². The maximum absolute atomic E-state index is 5.83. The summed E-state index contributed by atoms with van der Waals surface area (Å²) in [6, 6.07) is 56.9. The lowest BCUT2D eigenvalue weighted by Gasteiger charge is -2.30. The minimum absolute atomic E-state index is 0.860. The standard InChI is InChI=1S/C54H37N3O/c1-58-37-26-22-34(23-27-37)50-42-28-24-32-18-20-35(51-38-10-2-6-14-46(38)55-47-15-7-3-11-39(47)51)30-44(32)53(42)57-54-43(50)29-25-33-19-21-36(31-45(33)54)52-40-12-4-8-16-48(40)56-49-17-9-5-13-41(49)52/h2-23,26-27,30-31H,24-25,28-29H2,1H3. The number of methoxy groups -OCH3 is 1. The number of pyridine rings is 3. The third-order valence-corrected chi connectivity index (χ3v) is 12.5. The Kier molecular flexibility index (Phi) is 7.36. The van der Waals surface area contributed by atoms with Crippen LogP contribution in [0.3, 0.4) is 0 Å². The molecule has 0 atom stereocenters. The Labute approximate surface area is 336 Å². The molecular weight excluding hydrogens is 707 g/mol. The predicted octanol–water partition coefficient (Wildman–Crippen LogP) is 13.0. The third-order valence-electron chi connectivity index (χ3n) is 12.5. The lowest BCUT2D eigenvalue weighted by molar-refractivity contribution is 0.415. The monoisotopic (exact) mass is 743 g/mol. The minimum atomic E-state index is 0.860. The smallest absolute Gasteiger partial charge is 0.118 e. The van der Waals surface area contributed by atoms with E-state index < -0.39 is 0 Å². The van der Waals surface area contributed by atoms with E-state index in [0.717, 1.165) is 86.4 Å². The molecular formula is C54H37N3O. The molecule has 10 aromatic rings. The highest BCUT2D eigenvalue weighted by Gasteiger charge is 2.30. The highest BCUT2D eigenvalue weighted by molar-refractivity contribution is 6.11. The summed E-state index contributed by atoms with van der Waals surface area (Å²) in [5.74, 6) is 0.860. The molecule has 274 valence electrons. The van der Waals surface area contributed by atoms with Gasteiger partial charge in [0, 0.05) is 43.8 Å². The Morgan fingerprint density at radius 2 is 0.776 bits per heavy atom. The topological polar surface area (TPSA) is 47.9 Å². The van der Waals surface area contributed by atoms with Crippen molar-refractivity contribution in [3.8, 4) is 61.6 Å². The summed E-state index contributed by atoms with van der Waals surface area (Å²) in [5.41, 5.74) is 21.3. The average molecular weight is 744 g/mol. The number of nitrogens with zero attached hydrogens (tertiary/aromatic N) is 3. The van der Waals surface area contributed by atoms with Gasteiger partial charge < -0.3 is 4.74 Å². The molecule has 3 heterocycles. The summed E-state index contributed by atoms with van der Waals surface area (Å²) in [5, 5.41) is 4.64. The lowest BCUT2D eigenvalue weighted by atomic mass is 9.77. The normalized spacial score (nSPS) is 13.0. The SMILES string of the molecule is COc1ccc(-c2c3c(nc4c2CCc2ccc(-c5c6ccccc6nc6ccccc56)cc2-4)-c2cc(-c4c5ccccc5nc5ccccc45)ccc2CC3)cc1. The number of para-hydroxylation sites is 4. The quantitative estimate of drug-likeness (QED) is 0.168. The summed E-state index contributed by atoms with van der Waals surface area (Å²) < 4.78 is 5.63. The van der Waals surface area contributed by atoms with Gasteiger partial charge in [-0.2, -0.15) is 0 Å². The van der Waals surface area contributed by atoms with Crippen molar-refractivity contribution in [2.45, 2.75) is 25.7 Å². The van der Waals surface area contributed by atoms with E-state index in [-0.39, 0.29) is 0 Å². The lowest BCUT2D eigenvalue weighted by Crippen LogP contribution is -2.15. The van der Waals surface area contributed by atoms with E-state index in [0.29, 0.717) is 0 Å². The second kappa shape index (κ2) is 12.9. The van der Waals surface area contributed by atoms with Crippen molar-refractivity contribution in [2.75, 3.05) is 7.11 Å². The highest BCUT2D eigenvalue weighted by Crippen LogP contribution is 2.48. The van der Waals surface area contributed by atoms with Crippen LogP contribution < -0.4 is 4.74 Å². The molecule has 2 aliphatic rings. The zero-order valence-electron chi connectivity index (χ0n) is 32.1. The van der Waals surface area contributed by atoms with Gasteiger partial charge in [0.2, 0.25) is 0 Å². The van der Waals surface area contributed by atoms with E-state index in [1.165, 1.54) is 66.8 Å². The maximum atomic E-state index is 5.83. The second-order valence-electron chi connectivity index (χ2n) is 15.7. The fourth-order valence-corrected chi connectivity index (χ4v) is 9.87. The van der Waals surface area contributed by atoms with E-state index in [1.54, 1.807) is 7.11 Å². The van der Waals surface area contributed by atoms with Crippen molar-refractivity contribution in [3.63, 3.8) is 0 Å². The van der Waals surface area contributed by atoms with Crippen LogP contribution in [0.25, 0.3) is 99.5 Å². The zero-order valence-corrected chi connectivity index (χ0v) is 32.1. The van der Waals surface area contributed by atoms with Crippen molar-refractivity contribution >= 4 is 43.6 Å². The van der Waals surface area contributed by atoms with E-state index >= 15 is 0 Å². The summed E-state index contributed by atoms with van der Waals surface area (Å²) in [6.07, 6.45) is 3.80. The molecule has 4 heteroatoms. The van der Waals surface area contributed by atoms with Crippen LogP contribution in [0, 0.1) is 0 Å². The zero-order chi connectivity index (χ0) is 38.3. The molecule has 0 spiro atoms. The van der Waals surface area contributed by atoms with Crippen LogP contribution >= 0.6 is 0 Å². The van der Waals surface area contributed by atoms with Crippen LogP contribution in [-0.4, -0.2) is 22.1 Å². The van der Waals surface area contributed by atoms with E-state index in [4.69, 9.17) is 19.7 Å². The van der Waals surface area contributed by atoms with Crippen LogP contribution in [0.4, 0.5) is 0 Å². The Morgan fingerprint density at radius 1 is 0.379 bits per heavy atom. The van der Waals surface area contributed by atoms with Crippen LogP contribution in [-0.2, 0) is 25.7 Å². The molecule has 7 aromatic carbocycles. The molecule has 0 saturated carbocycles. The van der Waals surface area contributed by atoms with Crippen molar-refractivity contribution in [1.29, 1.82) is 0 Å². The first-order chi connectivity index (χ1) is 28.7. The molecule has 0 amide bonds. The summed E-state index contributed by atoms with van der Waals surface area (Å²) in [4.78, 5) is 15.9. The molecule has 12 rings (SSSR count). The van der Waals surface area contributed by atoms with Crippen LogP contribution in [0.1, 0.15) is 22.3 Å². The van der Waals surface area contributed by atoms with Crippen LogP contribution in [0.2, 0.25) is 0 Å². The fourth-order valence-electron chi connectivity index (χ4n) is 9.87. The Hall–Kier alpha value is -7.17. The highest BCUT2D eigenvalue weighted by atomic mass is 16.5. The summed E-state index contributed by atoms with van der Waals surface area (Å²) >= 11 is 0. The van der Waals surface area contributed by atoms with Gasteiger partial charge in [0.1, 0.15) is 5.75 Å². The first-order valence-corrected chi connectivity index (χ1v) is 20.2. The molecule has 0 unspecified atom stereocenters. The van der Waals surface area contributed by atoms with Gasteiger partial charge in [-0.25, -0.2) is 15.0 Å². The second-order valence-corrected chi connectivity index (χ2v) is 15.7. The number of fused-ring (bicyclic) bond motifs is 10. The van der Waals surface area contributed by atoms with Crippen LogP contribution in [0.15, 0.2) is 158 Å². The van der Waals surface area contributed by atoms with Gasteiger partial charge in [-0.3, -0.25) is 0 Å². The number of hydrogen-bond acceptors (Lipinski definition) is 4. The molecule has 58 heavy (non-hydrogen) atoms. The van der Waals surface area contributed by atoms with Crippen molar-refractivity contribution in [2.24, 2.45) is 0 Å². The van der Waals surface area contributed by atoms with E-state index in [2.05, 4.69) is 158 Å². The van der Waals surface area contributed by atoms with E-state index in [9.17, 15) is 0 Å². The molecule has 0 N–H and O–H groups in total. The summed E-state index contributed by atoms with van der Waals surface area (Å²) in [6.45, 7) is 0. The van der Waals surface area contributed by atoms with Gasteiger partial charge in [-0.15, -0.1) is 0 Å². The van der Waals surface area contributed by atoms with Gasteiger partial charge in [-0.05, 0) is 119 Å². The average Bonchev–Trinajstić information content (AvgIpc) is 3.28. The van der Waals surface area contributed by atoms with E-state index in [1.807, 2.05) is 0 Å². The molecule has 0 bridgehead atoms.